The molecule has 0 spiro atoms. The summed E-state index contributed by atoms with van der Waals surface area (Å²) in [6, 6.07) is 1.31. The molecular formula is C13H30N2. The Bertz CT molecular complexity index is 134. The molecule has 0 aliphatic rings. The third-order valence-electron chi connectivity index (χ3n) is 2.86. The molecule has 0 radical (unpaired) electrons. The summed E-state index contributed by atoms with van der Waals surface area (Å²) in [5.41, 5.74) is 0. The van der Waals surface area contributed by atoms with Gasteiger partial charge in [-0.3, -0.25) is 4.90 Å². The molecule has 1 unspecified atom stereocenters. The molecule has 0 fully saturated rings. The van der Waals surface area contributed by atoms with E-state index in [2.05, 4.69) is 44.8 Å². The molecule has 0 aliphatic heterocycles. The Kier molecular flexibility index (Phi) is 9.12. The van der Waals surface area contributed by atoms with Gasteiger partial charge in [-0.15, -0.1) is 0 Å². The van der Waals surface area contributed by atoms with Crippen LogP contribution in [-0.2, 0) is 0 Å². The molecule has 1 N–H and O–H groups in total. The van der Waals surface area contributed by atoms with E-state index in [1.165, 1.54) is 32.4 Å². The maximum absolute atomic E-state index is 3.54. The van der Waals surface area contributed by atoms with Crippen molar-refractivity contribution >= 4 is 0 Å². The van der Waals surface area contributed by atoms with Gasteiger partial charge in [-0.05, 0) is 46.7 Å². The van der Waals surface area contributed by atoms with Crippen molar-refractivity contribution < 1.29 is 0 Å². The number of nitrogens with one attached hydrogen (secondary N) is 1. The van der Waals surface area contributed by atoms with Crippen molar-refractivity contribution in [3.63, 3.8) is 0 Å². The second-order valence-electron chi connectivity index (χ2n) is 4.74. The van der Waals surface area contributed by atoms with E-state index in [9.17, 15) is 0 Å². The van der Waals surface area contributed by atoms with Gasteiger partial charge in [0.05, 0.1) is 0 Å². The monoisotopic (exact) mass is 214 g/mol. The molecule has 0 saturated carbocycles. The Hall–Kier alpha value is -0.0800. The van der Waals surface area contributed by atoms with Gasteiger partial charge in [0.15, 0.2) is 0 Å². The fraction of sp³-hybridized carbons (Fsp3) is 1.00. The predicted octanol–water partition coefficient (Wildman–Crippen LogP) is 2.89. The summed E-state index contributed by atoms with van der Waals surface area (Å²) in [6.07, 6.45) is 3.82. The molecule has 0 rings (SSSR count). The van der Waals surface area contributed by atoms with Crippen molar-refractivity contribution in [3.8, 4) is 0 Å². The molecule has 2 nitrogen and oxygen atoms in total. The Morgan fingerprint density at radius 2 is 1.73 bits per heavy atom. The molecular weight excluding hydrogens is 184 g/mol. The zero-order valence-electron chi connectivity index (χ0n) is 11.3. The average molecular weight is 214 g/mol. The van der Waals surface area contributed by atoms with Gasteiger partial charge in [-0.1, -0.05) is 20.3 Å². The quantitative estimate of drug-likeness (QED) is 0.594. The van der Waals surface area contributed by atoms with E-state index in [-0.39, 0.29) is 0 Å². The molecule has 0 saturated heterocycles. The lowest BCUT2D eigenvalue weighted by atomic mass is 10.2. The summed E-state index contributed by atoms with van der Waals surface area (Å²) in [4.78, 5) is 2.58. The third kappa shape index (κ3) is 6.91. The predicted molar refractivity (Wildman–Crippen MR) is 69.4 cm³/mol. The highest BCUT2D eigenvalue weighted by Crippen LogP contribution is 2.05. The van der Waals surface area contributed by atoms with Crippen LogP contribution >= 0.6 is 0 Å². The molecule has 0 aromatic carbocycles. The smallest absolute Gasteiger partial charge is 0.0195 e. The van der Waals surface area contributed by atoms with Crippen LogP contribution in [0.15, 0.2) is 0 Å². The second-order valence-corrected chi connectivity index (χ2v) is 4.74. The Balaban J connectivity index is 3.76. The molecule has 0 aromatic rings. The van der Waals surface area contributed by atoms with E-state index >= 15 is 0 Å². The molecule has 2 heteroatoms. The van der Waals surface area contributed by atoms with E-state index in [0.29, 0.717) is 12.1 Å². The normalized spacial score (nSPS) is 13.8. The van der Waals surface area contributed by atoms with Crippen molar-refractivity contribution in [2.24, 2.45) is 0 Å². The van der Waals surface area contributed by atoms with Crippen LogP contribution < -0.4 is 5.32 Å². The zero-order chi connectivity index (χ0) is 11.7. The maximum atomic E-state index is 3.54. The topological polar surface area (TPSA) is 15.3 Å². The van der Waals surface area contributed by atoms with Crippen LogP contribution in [-0.4, -0.2) is 36.6 Å². The van der Waals surface area contributed by atoms with Gasteiger partial charge in [-0.25, -0.2) is 0 Å². The highest BCUT2D eigenvalue weighted by molar-refractivity contribution is 4.72. The van der Waals surface area contributed by atoms with Crippen molar-refractivity contribution in [2.45, 2.75) is 66.0 Å². The number of rotatable bonds is 9. The minimum atomic E-state index is 0.654. The summed E-state index contributed by atoms with van der Waals surface area (Å²) in [6.45, 7) is 14.9. The van der Waals surface area contributed by atoms with Gasteiger partial charge in [0.25, 0.3) is 0 Å². The summed E-state index contributed by atoms with van der Waals surface area (Å²) in [7, 11) is 0. The van der Waals surface area contributed by atoms with Gasteiger partial charge in [0.2, 0.25) is 0 Å². The molecule has 1 atom stereocenters. The molecule has 0 aromatic heterocycles. The highest BCUT2D eigenvalue weighted by atomic mass is 15.2. The van der Waals surface area contributed by atoms with Crippen molar-refractivity contribution in [1.29, 1.82) is 0 Å². The van der Waals surface area contributed by atoms with E-state index in [4.69, 9.17) is 0 Å². The van der Waals surface area contributed by atoms with Crippen molar-refractivity contribution in [2.75, 3.05) is 19.6 Å². The van der Waals surface area contributed by atoms with Crippen LogP contribution in [0.25, 0.3) is 0 Å². The number of hydrogen-bond donors (Lipinski definition) is 1. The van der Waals surface area contributed by atoms with Gasteiger partial charge in [0.1, 0.15) is 0 Å². The van der Waals surface area contributed by atoms with Crippen LogP contribution in [0.2, 0.25) is 0 Å². The zero-order valence-corrected chi connectivity index (χ0v) is 11.3. The lowest BCUT2D eigenvalue weighted by molar-refractivity contribution is 0.161. The fourth-order valence-corrected chi connectivity index (χ4v) is 1.98. The average Bonchev–Trinajstić information content (AvgIpc) is 2.20. The first-order valence-electron chi connectivity index (χ1n) is 6.59. The van der Waals surface area contributed by atoms with Gasteiger partial charge >= 0.3 is 0 Å². The van der Waals surface area contributed by atoms with E-state index in [0.717, 1.165) is 6.54 Å². The minimum absolute atomic E-state index is 0.654. The number of hydrogen-bond acceptors (Lipinski definition) is 2. The lowest BCUT2D eigenvalue weighted by Crippen LogP contribution is -2.44. The van der Waals surface area contributed by atoms with Crippen LogP contribution in [0.4, 0.5) is 0 Å². The van der Waals surface area contributed by atoms with Crippen molar-refractivity contribution in [3.05, 3.63) is 0 Å². The summed E-state index contributed by atoms with van der Waals surface area (Å²) in [5, 5.41) is 3.54. The number of unbranched alkanes of at least 4 members (excludes halogenated alkanes) is 1. The Morgan fingerprint density at radius 3 is 2.20 bits per heavy atom. The molecule has 0 bridgehead atoms. The molecule has 92 valence electrons. The van der Waals surface area contributed by atoms with Crippen LogP contribution in [0, 0.1) is 0 Å². The van der Waals surface area contributed by atoms with E-state index < -0.39 is 0 Å². The first-order valence-corrected chi connectivity index (χ1v) is 6.59. The third-order valence-corrected chi connectivity index (χ3v) is 2.86. The minimum Gasteiger partial charge on any atom is -0.315 e. The largest absolute Gasteiger partial charge is 0.315 e. The first kappa shape index (κ1) is 14.9. The maximum Gasteiger partial charge on any atom is 0.0195 e. The SMILES string of the molecule is CCCCNCC(C)N(CCC)C(C)C. The van der Waals surface area contributed by atoms with E-state index in [1.807, 2.05) is 0 Å². The molecule has 0 aliphatic carbocycles. The Labute approximate surface area is 96.4 Å². The molecule has 0 amide bonds. The number of nitrogens with zero attached hydrogens (tertiary/aromatic N) is 1. The van der Waals surface area contributed by atoms with Crippen LogP contribution in [0.1, 0.15) is 53.9 Å². The lowest BCUT2D eigenvalue weighted by Gasteiger charge is -2.32. The van der Waals surface area contributed by atoms with Gasteiger partial charge < -0.3 is 5.32 Å². The van der Waals surface area contributed by atoms with Gasteiger partial charge in [-0.2, -0.15) is 0 Å². The van der Waals surface area contributed by atoms with Crippen LogP contribution in [0.5, 0.6) is 0 Å². The standard InChI is InChI=1S/C13H30N2/c1-6-8-9-14-11-13(5)15(10-7-2)12(3)4/h12-14H,6-11H2,1-5H3. The summed E-state index contributed by atoms with van der Waals surface area (Å²) < 4.78 is 0. The Morgan fingerprint density at radius 1 is 1.07 bits per heavy atom. The first-order chi connectivity index (χ1) is 7.13. The van der Waals surface area contributed by atoms with E-state index in [1.54, 1.807) is 0 Å². The van der Waals surface area contributed by atoms with Gasteiger partial charge in [0, 0.05) is 18.6 Å². The summed E-state index contributed by atoms with van der Waals surface area (Å²) in [5.74, 6) is 0. The molecule has 15 heavy (non-hydrogen) atoms. The second kappa shape index (κ2) is 9.17. The fourth-order valence-electron chi connectivity index (χ4n) is 1.98. The van der Waals surface area contributed by atoms with Crippen molar-refractivity contribution in [1.82, 2.24) is 10.2 Å². The summed E-state index contributed by atoms with van der Waals surface area (Å²) >= 11 is 0. The molecule has 0 heterocycles. The highest BCUT2D eigenvalue weighted by Gasteiger charge is 2.15. The van der Waals surface area contributed by atoms with Crippen LogP contribution in [0.3, 0.4) is 0 Å².